The van der Waals surface area contributed by atoms with Crippen molar-refractivity contribution in [3.05, 3.63) is 72.9 Å². The van der Waals surface area contributed by atoms with E-state index in [-0.39, 0.29) is 12.6 Å². The summed E-state index contributed by atoms with van der Waals surface area (Å²) < 4.78 is 8.97. The predicted molar refractivity (Wildman–Crippen MR) is 110 cm³/mol. The Labute approximate surface area is 163 Å². The molecule has 5 nitrogen and oxygen atoms in total. The molecule has 0 saturated carbocycles. The van der Waals surface area contributed by atoms with E-state index in [0.29, 0.717) is 12.0 Å². The first-order chi connectivity index (χ1) is 13.1. The molecule has 1 aromatic carbocycles. The molecule has 2 rings (SSSR count). The monoisotopic (exact) mass is 373 g/mol. The summed E-state index contributed by atoms with van der Waals surface area (Å²) in [6.45, 7) is 10.3. The van der Waals surface area contributed by atoms with Gasteiger partial charge in [-0.3, -0.25) is 4.79 Å². The van der Waals surface area contributed by atoms with Crippen LogP contribution in [0.5, 0.6) is 0 Å². The van der Waals surface area contributed by atoms with Gasteiger partial charge in [0.2, 0.25) is 0 Å². The second kappa shape index (κ2) is 16.8. The zero-order valence-electron chi connectivity index (χ0n) is 16.4. The van der Waals surface area contributed by atoms with Crippen molar-refractivity contribution in [2.45, 2.75) is 19.3 Å². The lowest BCUT2D eigenvalue weighted by molar-refractivity contribution is -0.127. The van der Waals surface area contributed by atoms with Gasteiger partial charge in [-0.05, 0) is 50.7 Å². The molecule has 1 heterocycles. The van der Waals surface area contributed by atoms with Gasteiger partial charge in [-0.1, -0.05) is 56.0 Å². The highest BCUT2D eigenvalue weighted by molar-refractivity contribution is 5.89. The summed E-state index contributed by atoms with van der Waals surface area (Å²) in [5.74, 6) is -0.291. The number of ether oxygens (including phenoxy) is 2. The van der Waals surface area contributed by atoms with Crippen molar-refractivity contribution in [3.63, 3.8) is 0 Å². The Kier molecular flexibility index (Phi) is 15.1. The highest BCUT2D eigenvalue weighted by atomic mass is 16.5. The van der Waals surface area contributed by atoms with Crippen LogP contribution in [0.4, 0.5) is 0 Å². The van der Waals surface area contributed by atoms with E-state index in [4.69, 9.17) is 0 Å². The molecule has 1 aromatic rings. The zero-order valence-corrected chi connectivity index (χ0v) is 16.4. The lowest BCUT2D eigenvalue weighted by Crippen LogP contribution is -2.24. The van der Waals surface area contributed by atoms with E-state index in [9.17, 15) is 9.59 Å². The summed E-state index contributed by atoms with van der Waals surface area (Å²) in [5, 5.41) is 0. The Morgan fingerprint density at radius 1 is 1.15 bits per heavy atom. The Balaban J connectivity index is 0.000000382. The molecule has 1 aliphatic rings. The van der Waals surface area contributed by atoms with Crippen LogP contribution >= 0.6 is 0 Å². The van der Waals surface area contributed by atoms with Gasteiger partial charge in [-0.25, -0.2) is 4.79 Å². The minimum atomic E-state index is -0.291. The molecular formula is C22H31NO4. The van der Waals surface area contributed by atoms with Crippen molar-refractivity contribution in [1.29, 1.82) is 0 Å². The van der Waals surface area contributed by atoms with Gasteiger partial charge in [0.25, 0.3) is 6.47 Å². The number of hydrogen-bond acceptors (Lipinski definition) is 5. The molecule has 0 bridgehead atoms. The number of benzene rings is 1. The van der Waals surface area contributed by atoms with Gasteiger partial charge in [0, 0.05) is 0 Å². The van der Waals surface area contributed by atoms with Gasteiger partial charge >= 0.3 is 5.97 Å². The fraction of sp³-hybridized carbons (Fsp3) is 0.364. The van der Waals surface area contributed by atoms with E-state index < -0.39 is 0 Å². The largest absolute Gasteiger partial charge is 0.465 e. The molecular weight excluding hydrogens is 342 g/mol. The van der Waals surface area contributed by atoms with Crippen LogP contribution in [-0.2, 0) is 14.3 Å². The highest BCUT2D eigenvalue weighted by Gasteiger charge is 2.02. The molecule has 0 N–H and O–H groups in total. The first kappa shape index (κ1) is 24.3. The number of esters is 1. The first-order valence-electron chi connectivity index (χ1n) is 8.90. The van der Waals surface area contributed by atoms with Crippen molar-refractivity contribution < 1.29 is 19.1 Å². The number of carbonyl (C=O) groups excluding carboxylic acids is 2. The first-order valence-corrected chi connectivity index (χ1v) is 8.90. The smallest absolute Gasteiger partial charge is 0.337 e. The lowest BCUT2D eigenvalue weighted by Gasteiger charge is -2.20. The second-order valence-corrected chi connectivity index (χ2v) is 5.81. The van der Waals surface area contributed by atoms with Crippen molar-refractivity contribution in [2.24, 2.45) is 0 Å². The Morgan fingerprint density at radius 3 is 2.19 bits per heavy atom. The third kappa shape index (κ3) is 13.2. The van der Waals surface area contributed by atoms with Gasteiger partial charge in [0.1, 0.15) is 6.61 Å². The van der Waals surface area contributed by atoms with Gasteiger partial charge < -0.3 is 14.4 Å². The molecule has 1 aliphatic heterocycles. The molecule has 148 valence electrons. The SMILES string of the molecule is C=C/C=C(\C=C)COC=O.CN1CCCCC1.COC(=O)c1ccccc1. The van der Waals surface area contributed by atoms with Crippen LogP contribution in [-0.4, -0.2) is 51.2 Å². The van der Waals surface area contributed by atoms with E-state index in [2.05, 4.69) is 34.6 Å². The predicted octanol–water partition coefficient (Wildman–Crippen LogP) is 4.03. The molecule has 0 aliphatic carbocycles. The Morgan fingerprint density at radius 2 is 1.78 bits per heavy atom. The molecule has 5 heteroatoms. The molecule has 0 unspecified atom stereocenters. The van der Waals surface area contributed by atoms with Crippen LogP contribution in [0.15, 0.2) is 67.3 Å². The number of piperidine rings is 1. The number of hydrogen-bond donors (Lipinski definition) is 0. The third-order valence-electron chi connectivity index (χ3n) is 3.69. The van der Waals surface area contributed by atoms with Gasteiger partial charge in [0.15, 0.2) is 0 Å². The van der Waals surface area contributed by atoms with E-state index >= 15 is 0 Å². The quantitative estimate of drug-likeness (QED) is 0.428. The Hall–Kier alpha value is -2.66. The molecule has 0 radical (unpaired) electrons. The molecule has 1 saturated heterocycles. The van der Waals surface area contributed by atoms with Crippen LogP contribution in [0.2, 0.25) is 0 Å². The number of methoxy groups -OCH3 is 1. The fourth-order valence-corrected chi connectivity index (χ4v) is 2.20. The summed E-state index contributed by atoms with van der Waals surface area (Å²) >= 11 is 0. The van der Waals surface area contributed by atoms with E-state index in [0.717, 1.165) is 5.57 Å². The van der Waals surface area contributed by atoms with Gasteiger partial charge in [0.05, 0.1) is 12.7 Å². The normalized spacial score (nSPS) is 13.6. The van der Waals surface area contributed by atoms with E-state index in [1.165, 1.54) is 39.5 Å². The topological polar surface area (TPSA) is 55.8 Å². The molecule has 0 aromatic heterocycles. The average Bonchev–Trinajstić information content (AvgIpc) is 2.72. The second-order valence-electron chi connectivity index (χ2n) is 5.81. The number of carbonyl (C=O) groups is 2. The molecule has 0 spiro atoms. The number of allylic oxidation sites excluding steroid dienone is 2. The van der Waals surface area contributed by atoms with Gasteiger partial charge in [-0.15, -0.1) is 0 Å². The summed E-state index contributed by atoms with van der Waals surface area (Å²) in [6.07, 6.45) is 9.24. The van der Waals surface area contributed by atoms with Crippen molar-refractivity contribution >= 4 is 12.4 Å². The van der Waals surface area contributed by atoms with Crippen LogP contribution in [0.1, 0.15) is 29.6 Å². The highest BCUT2D eigenvalue weighted by Crippen LogP contribution is 2.04. The minimum absolute atomic E-state index is 0.263. The Bertz CT molecular complexity index is 575. The number of nitrogens with zero attached hydrogens (tertiary/aromatic N) is 1. The van der Waals surface area contributed by atoms with E-state index in [1.807, 2.05) is 6.07 Å². The molecule has 27 heavy (non-hydrogen) atoms. The summed E-state index contributed by atoms with van der Waals surface area (Å²) in [6, 6.07) is 8.88. The summed E-state index contributed by atoms with van der Waals surface area (Å²) in [7, 11) is 3.56. The van der Waals surface area contributed by atoms with Crippen LogP contribution in [0.3, 0.4) is 0 Å². The van der Waals surface area contributed by atoms with Crippen LogP contribution in [0.25, 0.3) is 0 Å². The summed E-state index contributed by atoms with van der Waals surface area (Å²) in [5.41, 5.74) is 1.42. The maximum atomic E-state index is 10.8. The van der Waals surface area contributed by atoms with Crippen molar-refractivity contribution in [3.8, 4) is 0 Å². The van der Waals surface area contributed by atoms with Crippen molar-refractivity contribution in [2.75, 3.05) is 33.9 Å². The summed E-state index contributed by atoms with van der Waals surface area (Å²) in [4.78, 5) is 22.9. The van der Waals surface area contributed by atoms with Crippen LogP contribution in [0, 0.1) is 0 Å². The lowest BCUT2D eigenvalue weighted by atomic mass is 10.1. The molecule has 1 fully saturated rings. The maximum absolute atomic E-state index is 10.8. The van der Waals surface area contributed by atoms with Gasteiger partial charge in [-0.2, -0.15) is 0 Å². The molecule has 0 atom stereocenters. The standard InChI is InChI=1S/C8H8O2.C8H10O2.C6H13N/c1-10-8(9)7-5-3-2-4-6-7;1-3-5-8(4-2)6-10-7-9;1-7-5-3-2-4-6-7/h2-6H,1H3;3-5,7H,1-2,6H2;2-6H2,1H3/b;8-5+;. The maximum Gasteiger partial charge on any atom is 0.337 e. The zero-order chi connectivity index (χ0) is 20.3. The molecule has 0 amide bonds. The average molecular weight is 373 g/mol. The van der Waals surface area contributed by atoms with E-state index in [1.54, 1.807) is 42.5 Å². The number of rotatable bonds is 6. The third-order valence-corrected chi connectivity index (χ3v) is 3.69. The number of likely N-dealkylation sites (tertiary alicyclic amines) is 1. The van der Waals surface area contributed by atoms with Crippen LogP contribution < -0.4 is 0 Å². The fourth-order valence-electron chi connectivity index (χ4n) is 2.20. The van der Waals surface area contributed by atoms with Crippen molar-refractivity contribution in [1.82, 2.24) is 4.90 Å². The minimum Gasteiger partial charge on any atom is -0.465 e.